The van der Waals surface area contributed by atoms with Crippen molar-refractivity contribution in [1.29, 1.82) is 0 Å². The van der Waals surface area contributed by atoms with Crippen LogP contribution in [0.5, 0.6) is 0 Å². The highest BCUT2D eigenvalue weighted by Crippen LogP contribution is 2.30. The van der Waals surface area contributed by atoms with Crippen molar-refractivity contribution in [3.8, 4) is 0 Å². The Hall–Kier alpha value is -2.11. The molecule has 0 heterocycles. The zero-order valence-electron chi connectivity index (χ0n) is 11.3. The van der Waals surface area contributed by atoms with Crippen LogP contribution in [0.1, 0.15) is 26.2 Å². The van der Waals surface area contributed by atoms with Crippen LogP contribution in [0.3, 0.4) is 0 Å². The predicted octanol–water partition coefficient (Wildman–Crippen LogP) is 1.62. The first-order valence-electron chi connectivity index (χ1n) is 6.30. The summed E-state index contributed by atoms with van der Waals surface area (Å²) in [6.07, 6.45) is 2.67. The molecule has 1 rings (SSSR count). The highest BCUT2D eigenvalue weighted by molar-refractivity contribution is 5.86. The number of hydrogen-bond acceptors (Lipinski definition) is 4. The van der Waals surface area contributed by atoms with Gasteiger partial charge in [-0.25, -0.2) is 4.79 Å². The van der Waals surface area contributed by atoms with E-state index in [0.29, 0.717) is 18.4 Å². The lowest BCUT2D eigenvalue weighted by Gasteiger charge is -2.24. The van der Waals surface area contributed by atoms with Gasteiger partial charge in [-0.2, -0.15) is 0 Å². The van der Waals surface area contributed by atoms with Crippen molar-refractivity contribution in [3.05, 3.63) is 23.8 Å². The van der Waals surface area contributed by atoms with Crippen LogP contribution in [-0.4, -0.2) is 34.7 Å². The molecule has 0 aromatic rings. The highest BCUT2D eigenvalue weighted by atomic mass is 16.5. The normalized spacial score (nSPS) is 21.8. The number of ether oxygens (including phenoxy) is 1. The number of carboxylic acid groups (broad SMARTS) is 2. The standard InChI is InChI=1S/C14H18O6/c1-8(2)14(19)20-6-5-9-3-4-10(12(15)16)11(7-9)13(17)18/h7,10-11H,1,3-6H2,2H3,(H,15,16)(H,17,18). The molecule has 0 aromatic carbocycles. The molecule has 0 amide bonds. The highest BCUT2D eigenvalue weighted by Gasteiger charge is 2.35. The average molecular weight is 282 g/mol. The summed E-state index contributed by atoms with van der Waals surface area (Å²) in [6, 6.07) is 0. The van der Waals surface area contributed by atoms with E-state index in [9.17, 15) is 14.4 Å². The number of hydrogen-bond donors (Lipinski definition) is 2. The maximum absolute atomic E-state index is 11.2. The van der Waals surface area contributed by atoms with Crippen molar-refractivity contribution in [1.82, 2.24) is 0 Å². The van der Waals surface area contributed by atoms with Gasteiger partial charge in [0, 0.05) is 12.0 Å². The largest absolute Gasteiger partial charge is 0.481 e. The molecule has 1 aliphatic carbocycles. The van der Waals surface area contributed by atoms with Crippen molar-refractivity contribution < 1.29 is 29.3 Å². The minimum Gasteiger partial charge on any atom is -0.481 e. The van der Waals surface area contributed by atoms with Crippen LogP contribution < -0.4 is 0 Å². The molecule has 2 N–H and O–H groups in total. The van der Waals surface area contributed by atoms with E-state index >= 15 is 0 Å². The van der Waals surface area contributed by atoms with Gasteiger partial charge in [0.25, 0.3) is 0 Å². The summed E-state index contributed by atoms with van der Waals surface area (Å²) in [5, 5.41) is 18.0. The zero-order valence-corrected chi connectivity index (χ0v) is 11.3. The van der Waals surface area contributed by atoms with Crippen molar-refractivity contribution in [3.63, 3.8) is 0 Å². The summed E-state index contributed by atoms with van der Waals surface area (Å²) in [5.41, 5.74) is 1.11. The average Bonchev–Trinajstić information content (AvgIpc) is 2.37. The first-order valence-corrected chi connectivity index (χ1v) is 6.30. The molecule has 0 aliphatic heterocycles. The molecule has 0 bridgehead atoms. The molecule has 2 atom stereocenters. The van der Waals surface area contributed by atoms with Gasteiger partial charge in [0.2, 0.25) is 0 Å². The van der Waals surface area contributed by atoms with Gasteiger partial charge in [0.15, 0.2) is 0 Å². The zero-order chi connectivity index (χ0) is 15.3. The summed E-state index contributed by atoms with van der Waals surface area (Å²) >= 11 is 0. The molecule has 20 heavy (non-hydrogen) atoms. The Kier molecular flexibility index (Phi) is 5.49. The Morgan fingerprint density at radius 3 is 2.50 bits per heavy atom. The number of aliphatic carboxylic acids is 2. The maximum Gasteiger partial charge on any atom is 0.333 e. The fourth-order valence-corrected chi connectivity index (χ4v) is 2.10. The number of carboxylic acids is 2. The Morgan fingerprint density at radius 1 is 1.35 bits per heavy atom. The number of rotatable bonds is 6. The van der Waals surface area contributed by atoms with Gasteiger partial charge in [-0.1, -0.05) is 18.2 Å². The first kappa shape index (κ1) is 15.9. The van der Waals surface area contributed by atoms with E-state index in [2.05, 4.69) is 6.58 Å². The third-order valence-electron chi connectivity index (χ3n) is 3.23. The second-order valence-corrected chi connectivity index (χ2v) is 4.84. The lowest BCUT2D eigenvalue weighted by Crippen LogP contribution is -2.31. The monoisotopic (exact) mass is 282 g/mol. The van der Waals surface area contributed by atoms with E-state index in [-0.39, 0.29) is 13.0 Å². The van der Waals surface area contributed by atoms with Crippen molar-refractivity contribution in [2.24, 2.45) is 11.8 Å². The van der Waals surface area contributed by atoms with E-state index in [1.165, 1.54) is 6.08 Å². The Labute approximate surface area is 116 Å². The van der Waals surface area contributed by atoms with E-state index in [0.717, 1.165) is 5.57 Å². The van der Waals surface area contributed by atoms with Crippen molar-refractivity contribution >= 4 is 17.9 Å². The third-order valence-corrected chi connectivity index (χ3v) is 3.23. The van der Waals surface area contributed by atoms with Gasteiger partial charge in [-0.3, -0.25) is 9.59 Å². The Balaban J connectivity index is 2.61. The van der Waals surface area contributed by atoms with Gasteiger partial charge >= 0.3 is 17.9 Å². The molecule has 6 heteroatoms. The topological polar surface area (TPSA) is 101 Å². The van der Waals surface area contributed by atoms with Gasteiger partial charge < -0.3 is 14.9 Å². The minimum absolute atomic E-state index is 0.140. The smallest absolute Gasteiger partial charge is 0.333 e. The molecule has 0 fully saturated rings. The molecule has 2 unspecified atom stereocenters. The third kappa shape index (κ3) is 4.22. The molecule has 110 valence electrons. The van der Waals surface area contributed by atoms with Gasteiger partial charge in [-0.15, -0.1) is 0 Å². The summed E-state index contributed by atoms with van der Waals surface area (Å²) in [6.45, 7) is 5.14. The van der Waals surface area contributed by atoms with Crippen LogP contribution in [0, 0.1) is 11.8 Å². The quantitative estimate of drug-likeness (QED) is 0.436. The SMILES string of the molecule is C=C(C)C(=O)OCCC1=CC(C(=O)O)C(C(=O)O)CC1. The van der Waals surface area contributed by atoms with Crippen LogP contribution in [0.25, 0.3) is 0 Å². The second kappa shape index (κ2) is 6.88. The molecule has 0 saturated carbocycles. The van der Waals surface area contributed by atoms with Crippen LogP contribution in [-0.2, 0) is 19.1 Å². The molecule has 0 saturated heterocycles. The van der Waals surface area contributed by atoms with Gasteiger partial charge in [0.05, 0.1) is 18.4 Å². The predicted molar refractivity (Wildman–Crippen MR) is 70.0 cm³/mol. The van der Waals surface area contributed by atoms with Crippen LogP contribution in [0.2, 0.25) is 0 Å². The molecular weight excluding hydrogens is 264 g/mol. The van der Waals surface area contributed by atoms with Crippen LogP contribution in [0.4, 0.5) is 0 Å². The number of esters is 1. The van der Waals surface area contributed by atoms with E-state index in [1.807, 2.05) is 0 Å². The Morgan fingerprint density at radius 2 is 2.00 bits per heavy atom. The van der Waals surface area contributed by atoms with Gasteiger partial charge in [0.1, 0.15) is 0 Å². The van der Waals surface area contributed by atoms with Crippen LogP contribution >= 0.6 is 0 Å². The minimum atomic E-state index is -1.14. The summed E-state index contributed by atoms with van der Waals surface area (Å²) in [5.74, 6) is -4.64. The maximum atomic E-state index is 11.2. The molecule has 6 nitrogen and oxygen atoms in total. The van der Waals surface area contributed by atoms with Crippen molar-refractivity contribution in [2.45, 2.75) is 26.2 Å². The van der Waals surface area contributed by atoms with E-state index < -0.39 is 29.7 Å². The molecular formula is C14H18O6. The lowest BCUT2D eigenvalue weighted by atomic mass is 9.80. The number of carbonyl (C=O) groups excluding carboxylic acids is 1. The fraction of sp³-hybridized carbons (Fsp3) is 0.500. The number of carbonyl (C=O) groups is 3. The van der Waals surface area contributed by atoms with Crippen LogP contribution in [0.15, 0.2) is 23.8 Å². The molecule has 0 aromatic heterocycles. The molecule has 1 aliphatic rings. The van der Waals surface area contributed by atoms with E-state index in [1.54, 1.807) is 6.92 Å². The fourth-order valence-electron chi connectivity index (χ4n) is 2.10. The lowest BCUT2D eigenvalue weighted by molar-refractivity contribution is -0.152. The summed E-state index contributed by atoms with van der Waals surface area (Å²) < 4.78 is 4.93. The summed E-state index contributed by atoms with van der Waals surface area (Å²) in [7, 11) is 0. The Bertz CT molecular complexity index is 462. The molecule has 0 spiro atoms. The van der Waals surface area contributed by atoms with E-state index in [4.69, 9.17) is 14.9 Å². The molecule has 0 radical (unpaired) electrons. The summed E-state index contributed by atoms with van der Waals surface area (Å²) in [4.78, 5) is 33.2. The van der Waals surface area contributed by atoms with Gasteiger partial charge in [-0.05, 0) is 19.8 Å². The second-order valence-electron chi connectivity index (χ2n) is 4.84. The first-order chi connectivity index (χ1) is 9.32. The van der Waals surface area contributed by atoms with Crippen molar-refractivity contribution in [2.75, 3.05) is 6.61 Å².